The molecule has 0 bridgehead atoms. The highest BCUT2D eigenvalue weighted by Gasteiger charge is 2.13. The maximum atomic E-state index is 5.50. The van der Waals surface area contributed by atoms with Crippen molar-refractivity contribution >= 4 is 11.9 Å². The van der Waals surface area contributed by atoms with E-state index >= 15 is 0 Å². The molecule has 0 spiro atoms. The lowest BCUT2D eigenvalue weighted by molar-refractivity contribution is 0.222. The second kappa shape index (κ2) is 5.65. The van der Waals surface area contributed by atoms with E-state index in [-0.39, 0.29) is 6.10 Å². The first-order valence-electron chi connectivity index (χ1n) is 5.77. The molecule has 0 aliphatic carbocycles. The van der Waals surface area contributed by atoms with Crippen molar-refractivity contribution in [3.8, 4) is 6.01 Å². The van der Waals surface area contributed by atoms with Crippen molar-refractivity contribution in [2.45, 2.75) is 39.8 Å². The van der Waals surface area contributed by atoms with Crippen LogP contribution >= 0.6 is 0 Å². The summed E-state index contributed by atoms with van der Waals surface area (Å²) in [7, 11) is 3.71. The van der Waals surface area contributed by atoms with Gasteiger partial charge >= 0.3 is 6.01 Å². The van der Waals surface area contributed by atoms with Gasteiger partial charge in [-0.25, -0.2) is 0 Å². The summed E-state index contributed by atoms with van der Waals surface area (Å²) in [5.41, 5.74) is 0. The van der Waals surface area contributed by atoms with Crippen molar-refractivity contribution in [2.24, 2.45) is 0 Å². The summed E-state index contributed by atoms with van der Waals surface area (Å²) in [5, 5.41) is 2.91. The Morgan fingerprint density at radius 2 is 1.76 bits per heavy atom. The van der Waals surface area contributed by atoms with E-state index in [2.05, 4.69) is 34.1 Å². The monoisotopic (exact) mass is 239 g/mol. The maximum Gasteiger partial charge on any atom is 0.323 e. The molecule has 1 heterocycles. The van der Waals surface area contributed by atoms with Gasteiger partial charge in [0.05, 0.1) is 6.10 Å². The van der Waals surface area contributed by atoms with Gasteiger partial charge in [-0.1, -0.05) is 0 Å². The number of nitrogens with zero attached hydrogens (tertiary/aromatic N) is 4. The van der Waals surface area contributed by atoms with Crippen LogP contribution in [0.15, 0.2) is 0 Å². The molecule has 0 radical (unpaired) electrons. The topological polar surface area (TPSA) is 63.2 Å². The highest BCUT2D eigenvalue weighted by molar-refractivity contribution is 5.37. The number of hydrogen-bond donors (Lipinski definition) is 1. The summed E-state index contributed by atoms with van der Waals surface area (Å²) in [4.78, 5) is 14.7. The van der Waals surface area contributed by atoms with Crippen LogP contribution in [0.2, 0.25) is 0 Å². The van der Waals surface area contributed by atoms with Gasteiger partial charge in [-0.05, 0) is 27.7 Å². The van der Waals surface area contributed by atoms with Crippen LogP contribution in [0.1, 0.15) is 27.7 Å². The molecule has 6 nitrogen and oxygen atoms in total. The molecule has 17 heavy (non-hydrogen) atoms. The van der Waals surface area contributed by atoms with E-state index in [1.54, 1.807) is 7.05 Å². The second-order valence-corrected chi connectivity index (χ2v) is 4.36. The molecule has 0 aliphatic rings. The van der Waals surface area contributed by atoms with E-state index in [0.717, 1.165) is 0 Å². The number of ether oxygens (including phenoxy) is 1. The first-order valence-corrected chi connectivity index (χ1v) is 5.77. The van der Waals surface area contributed by atoms with Gasteiger partial charge in [0.25, 0.3) is 0 Å². The van der Waals surface area contributed by atoms with Crippen molar-refractivity contribution < 1.29 is 4.74 Å². The molecule has 0 saturated heterocycles. The van der Waals surface area contributed by atoms with Crippen molar-refractivity contribution in [2.75, 3.05) is 24.3 Å². The van der Waals surface area contributed by atoms with Crippen LogP contribution in [0.3, 0.4) is 0 Å². The predicted octanol–water partition coefficient (Wildman–Crippen LogP) is 1.55. The quantitative estimate of drug-likeness (QED) is 0.841. The third-order valence-corrected chi connectivity index (χ3v) is 2.26. The Morgan fingerprint density at radius 3 is 2.24 bits per heavy atom. The minimum absolute atomic E-state index is 0.0410. The molecule has 1 N–H and O–H groups in total. The molecule has 1 rings (SSSR count). The molecule has 0 amide bonds. The average Bonchev–Trinajstić information content (AvgIpc) is 2.26. The Hall–Kier alpha value is -1.59. The first-order chi connectivity index (χ1) is 7.93. The van der Waals surface area contributed by atoms with Crippen molar-refractivity contribution in [3.63, 3.8) is 0 Å². The minimum atomic E-state index is 0.0410. The summed E-state index contributed by atoms with van der Waals surface area (Å²) in [6.45, 7) is 8.03. The van der Waals surface area contributed by atoms with Crippen LogP contribution in [-0.4, -0.2) is 41.2 Å². The van der Waals surface area contributed by atoms with Crippen LogP contribution in [0.5, 0.6) is 6.01 Å². The van der Waals surface area contributed by atoms with Crippen LogP contribution in [0.25, 0.3) is 0 Å². The van der Waals surface area contributed by atoms with E-state index in [1.165, 1.54) is 0 Å². The highest BCUT2D eigenvalue weighted by Crippen LogP contribution is 2.16. The average molecular weight is 239 g/mol. The lowest BCUT2D eigenvalue weighted by Crippen LogP contribution is -2.28. The van der Waals surface area contributed by atoms with Gasteiger partial charge in [0, 0.05) is 20.1 Å². The zero-order valence-corrected chi connectivity index (χ0v) is 11.4. The van der Waals surface area contributed by atoms with E-state index in [1.807, 2.05) is 25.8 Å². The molecule has 6 heteroatoms. The first kappa shape index (κ1) is 13.5. The third kappa shape index (κ3) is 3.72. The second-order valence-electron chi connectivity index (χ2n) is 4.36. The van der Waals surface area contributed by atoms with Gasteiger partial charge in [0.2, 0.25) is 11.9 Å². The normalized spacial score (nSPS) is 10.8. The Morgan fingerprint density at radius 1 is 1.12 bits per heavy atom. The number of hydrogen-bond acceptors (Lipinski definition) is 6. The van der Waals surface area contributed by atoms with E-state index in [9.17, 15) is 0 Å². The molecule has 1 aromatic rings. The molecule has 0 fully saturated rings. The zero-order valence-electron chi connectivity index (χ0n) is 11.4. The lowest BCUT2D eigenvalue weighted by atomic mass is 10.4. The van der Waals surface area contributed by atoms with Crippen LogP contribution in [-0.2, 0) is 0 Å². The number of rotatable bonds is 5. The Bertz CT molecular complexity index is 367. The molecule has 0 aliphatic heterocycles. The number of nitrogens with one attached hydrogen (secondary N) is 1. The molecule has 0 saturated carbocycles. The van der Waals surface area contributed by atoms with Crippen LogP contribution in [0, 0.1) is 0 Å². The van der Waals surface area contributed by atoms with Crippen molar-refractivity contribution in [3.05, 3.63) is 0 Å². The van der Waals surface area contributed by atoms with Crippen LogP contribution < -0.4 is 15.0 Å². The van der Waals surface area contributed by atoms with Gasteiger partial charge in [0.1, 0.15) is 0 Å². The van der Waals surface area contributed by atoms with Crippen molar-refractivity contribution in [1.29, 1.82) is 0 Å². The molecule has 0 aromatic carbocycles. The fourth-order valence-corrected chi connectivity index (χ4v) is 1.11. The number of aromatic nitrogens is 3. The van der Waals surface area contributed by atoms with E-state index in [0.29, 0.717) is 23.9 Å². The summed E-state index contributed by atoms with van der Waals surface area (Å²) in [5.74, 6) is 1.12. The Labute approximate surface area is 102 Å². The van der Waals surface area contributed by atoms with Crippen molar-refractivity contribution in [1.82, 2.24) is 15.0 Å². The third-order valence-electron chi connectivity index (χ3n) is 2.26. The predicted molar refractivity (Wildman–Crippen MR) is 68.7 cm³/mol. The highest BCUT2D eigenvalue weighted by atomic mass is 16.5. The Balaban J connectivity index is 3.04. The SMILES string of the molecule is CNc1nc(OC(C)C)nc(N(C)C(C)C)n1. The molecule has 0 atom stereocenters. The lowest BCUT2D eigenvalue weighted by Gasteiger charge is -2.22. The summed E-state index contributed by atoms with van der Waals surface area (Å²) in [6, 6.07) is 0.663. The van der Waals surface area contributed by atoms with Crippen LogP contribution in [0.4, 0.5) is 11.9 Å². The fraction of sp³-hybridized carbons (Fsp3) is 0.727. The smallest absolute Gasteiger partial charge is 0.323 e. The molecule has 0 unspecified atom stereocenters. The van der Waals surface area contributed by atoms with Gasteiger partial charge < -0.3 is 15.0 Å². The molecule has 1 aromatic heterocycles. The number of anilines is 2. The van der Waals surface area contributed by atoms with Gasteiger partial charge in [-0.3, -0.25) is 0 Å². The standard InChI is InChI=1S/C11H21N5O/c1-7(2)16(6)10-13-9(12-5)14-11(15-10)17-8(3)4/h7-8H,1-6H3,(H,12,13,14,15). The Kier molecular flexibility index (Phi) is 4.48. The summed E-state index contributed by atoms with van der Waals surface area (Å²) < 4.78 is 5.50. The zero-order chi connectivity index (χ0) is 13.0. The van der Waals surface area contributed by atoms with Gasteiger partial charge in [-0.2, -0.15) is 15.0 Å². The van der Waals surface area contributed by atoms with Gasteiger partial charge in [0.15, 0.2) is 0 Å². The minimum Gasteiger partial charge on any atom is -0.461 e. The molecular formula is C11H21N5O. The van der Waals surface area contributed by atoms with Gasteiger partial charge in [-0.15, -0.1) is 0 Å². The van der Waals surface area contributed by atoms with E-state index in [4.69, 9.17) is 4.74 Å². The maximum absolute atomic E-state index is 5.50. The fourth-order valence-electron chi connectivity index (χ4n) is 1.11. The molecule has 96 valence electrons. The summed E-state index contributed by atoms with van der Waals surface area (Å²) in [6.07, 6.45) is 0.0410. The molecular weight excluding hydrogens is 218 g/mol. The van der Waals surface area contributed by atoms with E-state index < -0.39 is 0 Å². The summed E-state index contributed by atoms with van der Waals surface area (Å²) >= 11 is 0. The largest absolute Gasteiger partial charge is 0.461 e.